The van der Waals surface area contributed by atoms with Gasteiger partial charge in [0.2, 0.25) is 0 Å². The van der Waals surface area contributed by atoms with E-state index in [2.05, 4.69) is 0 Å². The molecule has 0 bridgehead atoms. The fourth-order valence-corrected chi connectivity index (χ4v) is 3.91. The Hall–Kier alpha value is -3.64. The van der Waals surface area contributed by atoms with Gasteiger partial charge in [-0.05, 0) is 35.4 Å². The first-order valence-electron chi connectivity index (χ1n) is 10.4. The van der Waals surface area contributed by atoms with E-state index in [1.165, 1.54) is 6.92 Å². The molecule has 1 aliphatic heterocycles. The van der Waals surface area contributed by atoms with Gasteiger partial charge in [-0.2, -0.15) is 0 Å². The van der Waals surface area contributed by atoms with Crippen LogP contribution in [0, 0.1) is 0 Å². The van der Waals surface area contributed by atoms with Crippen molar-refractivity contribution in [1.82, 2.24) is 0 Å². The fourth-order valence-electron chi connectivity index (χ4n) is 3.91. The predicted molar refractivity (Wildman–Crippen MR) is 120 cm³/mol. The van der Waals surface area contributed by atoms with Crippen LogP contribution in [-0.2, 0) is 25.7 Å². The third kappa shape index (κ3) is 4.50. The van der Waals surface area contributed by atoms with Crippen LogP contribution in [0.15, 0.2) is 84.9 Å². The second kappa shape index (κ2) is 9.66. The third-order valence-electron chi connectivity index (χ3n) is 5.44. The standard InChI is InChI=1S/C26H25NO5/c1-18(28)32-24(20-11-7-4-8-12-20)23-25(31-17-19-9-5-3-6-10-19)26(29)27(23)21-13-15-22(30-2)16-14-21/h3-16,23-25H,17H2,1-2H3/t23-,24?,25+/m0/s1. The summed E-state index contributed by atoms with van der Waals surface area (Å²) in [6.07, 6.45) is -1.42. The lowest BCUT2D eigenvalue weighted by Crippen LogP contribution is -2.68. The molecule has 1 unspecified atom stereocenters. The van der Waals surface area contributed by atoms with E-state index in [1.54, 1.807) is 24.1 Å². The number of amides is 1. The van der Waals surface area contributed by atoms with Crippen molar-refractivity contribution < 1.29 is 23.8 Å². The highest BCUT2D eigenvalue weighted by molar-refractivity contribution is 6.05. The first-order chi connectivity index (χ1) is 15.6. The van der Waals surface area contributed by atoms with Gasteiger partial charge in [-0.1, -0.05) is 60.7 Å². The number of methoxy groups -OCH3 is 1. The lowest BCUT2D eigenvalue weighted by atomic mass is 9.87. The Labute approximate surface area is 187 Å². The van der Waals surface area contributed by atoms with Gasteiger partial charge >= 0.3 is 5.97 Å². The van der Waals surface area contributed by atoms with E-state index >= 15 is 0 Å². The maximum absolute atomic E-state index is 13.2. The summed E-state index contributed by atoms with van der Waals surface area (Å²) in [5, 5.41) is 0. The number of hydrogen-bond acceptors (Lipinski definition) is 5. The normalized spacial score (nSPS) is 18.6. The minimum absolute atomic E-state index is 0.177. The molecule has 32 heavy (non-hydrogen) atoms. The average molecular weight is 431 g/mol. The van der Waals surface area contributed by atoms with Crippen molar-refractivity contribution in [2.45, 2.75) is 31.8 Å². The van der Waals surface area contributed by atoms with Crippen LogP contribution in [0.4, 0.5) is 5.69 Å². The molecule has 164 valence electrons. The van der Waals surface area contributed by atoms with E-state index in [1.807, 2.05) is 72.8 Å². The molecule has 0 radical (unpaired) electrons. The highest BCUT2D eigenvalue weighted by atomic mass is 16.6. The van der Waals surface area contributed by atoms with Crippen LogP contribution in [0.1, 0.15) is 24.2 Å². The number of ether oxygens (including phenoxy) is 3. The molecule has 6 nitrogen and oxygen atoms in total. The van der Waals surface area contributed by atoms with Gasteiger partial charge in [0.15, 0.2) is 12.2 Å². The average Bonchev–Trinajstić information content (AvgIpc) is 2.83. The molecule has 1 aliphatic rings. The number of carbonyl (C=O) groups is 2. The van der Waals surface area contributed by atoms with Crippen LogP contribution in [0.3, 0.4) is 0 Å². The van der Waals surface area contributed by atoms with Gasteiger partial charge < -0.3 is 14.2 Å². The molecule has 0 spiro atoms. The number of anilines is 1. The van der Waals surface area contributed by atoms with Gasteiger partial charge in [-0.3, -0.25) is 14.5 Å². The van der Waals surface area contributed by atoms with Gasteiger partial charge in [-0.15, -0.1) is 0 Å². The molecular formula is C26H25NO5. The quantitative estimate of drug-likeness (QED) is 0.393. The maximum Gasteiger partial charge on any atom is 0.303 e. The number of carbonyl (C=O) groups excluding carboxylic acids is 2. The van der Waals surface area contributed by atoms with Crippen molar-refractivity contribution in [2.75, 3.05) is 12.0 Å². The molecule has 3 atom stereocenters. The van der Waals surface area contributed by atoms with Crippen molar-refractivity contribution in [3.05, 3.63) is 96.1 Å². The number of β-lactam (4-membered cyclic amide) rings is 1. The van der Waals surface area contributed by atoms with E-state index in [0.29, 0.717) is 11.4 Å². The number of esters is 1. The van der Waals surface area contributed by atoms with Crippen LogP contribution < -0.4 is 9.64 Å². The Bertz CT molecular complexity index is 1050. The molecule has 0 saturated carbocycles. The Morgan fingerprint density at radius 2 is 1.56 bits per heavy atom. The summed E-state index contributed by atoms with van der Waals surface area (Å²) in [5.41, 5.74) is 2.45. The van der Waals surface area contributed by atoms with Gasteiger partial charge in [0.25, 0.3) is 5.91 Å². The zero-order valence-electron chi connectivity index (χ0n) is 18.0. The highest BCUT2D eigenvalue weighted by Gasteiger charge is 2.54. The summed E-state index contributed by atoms with van der Waals surface area (Å²) < 4.78 is 17.0. The summed E-state index contributed by atoms with van der Waals surface area (Å²) in [7, 11) is 1.59. The SMILES string of the molecule is COc1ccc(N2C(=O)[C@H](OCc3ccccc3)[C@@H]2C(OC(C)=O)c2ccccc2)cc1. The molecule has 1 heterocycles. The summed E-state index contributed by atoms with van der Waals surface area (Å²) in [6.45, 7) is 1.65. The molecular weight excluding hydrogens is 406 g/mol. The molecule has 1 saturated heterocycles. The first-order valence-corrected chi connectivity index (χ1v) is 10.4. The fraction of sp³-hybridized carbons (Fsp3) is 0.231. The molecule has 6 heteroatoms. The highest BCUT2D eigenvalue weighted by Crippen LogP contribution is 2.40. The third-order valence-corrected chi connectivity index (χ3v) is 5.44. The Morgan fingerprint density at radius 1 is 0.938 bits per heavy atom. The summed E-state index contributed by atoms with van der Waals surface area (Å²) in [5.74, 6) is 0.0913. The largest absolute Gasteiger partial charge is 0.497 e. The molecule has 3 aromatic carbocycles. The van der Waals surface area contributed by atoms with Gasteiger partial charge in [0.1, 0.15) is 11.8 Å². The van der Waals surface area contributed by atoms with Crippen molar-refractivity contribution in [3.8, 4) is 5.75 Å². The lowest BCUT2D eigenvalue weighted by Gasteiger charge is -2.49. The smallest absolute Gasteiger partial charge is 0.303 e. The van der Waals surface area contributed by atoms with E-state index in [0.717, 1.165) is 11.1 Å². The van der Waals surface area contributed by atoms with Crippen LogP contribution in [-0.4, -0.2) is 31.1 Å². The van der Waals surface area contributed by atoms with Crippen molar-refractivity contribution >= 4 is 17.6 Å². The summed E-state index contributed by atoms with van der Waals surface area (Å²) in [6, 6.07) is 25.8. The number of rotatable bonds is 8. The minimum Gasteiger partial charge on any atom is -0.497 e. The van der Waals surface area contributed by atoms with Crippen LogP contribution in [0.5, 0.6) is 5.75 Å². The van der Waals surface area contributed by atoms with Gasteiger partial charge in [0.05, 0.1) is 13.7 Å². The summed E-state index contributed by atoms with van der Waals surface area (Å²) in [4.78, 5) is 26.8. The molecule has 1 amide bonds. The Balaban J connectivity index is 1.67. The molecule has 4 rings (SSSR count). The number of nitrogens with zero attached hydrogens (tertiary/aromatic N) is 1. The monoisotopic (exact) mass is 431 g/mol. The van der Waals surface area contributed by atoms with Crippen molar-refractivity contribution in [2.24, 2.45) is 0 Å². The van der Waals surface area contributed by atoms with Crippen LogP contribution in [0.25, 0.3) is 0 Å². The minimum atomic E-state index is -0.748. The second-order valence-electron chi connectivity index (χ2n) is 7.55. The van der Waals surface area contributed by atoms with E-state index in [4.69, 9.17) is 14.2 Å². The van der Waals surface area contributed by atoms with E-state index < -0.39 is 24.2 Å². The number of hydrogen-bond donors (Lipinski definition) is 0. The van der Waals surface area contributed by atoms with Gasteiger partial charge in [0, 0.05) is 12.6 Å². The Morgan fingerprint density at radius 3 is 2.16 bits per heavy atom. The molecule has 0 aliphatic carbocycles. The molecule has 3 aromatic rings. The topological polar surface area (TPSA) is 65.1 Å². The van der Waals surface area contributed by atoms with Crippen LogP contribution >= 0.6 is 0 Å². The maximum atomic E-state index is 13.2. The second-order valence-corrected chi connectivity index (χ2v) is 7.55. The predicted octanol–water partition coefficient (Wildman–Crippen LogP) is 4.30. The number of benzene rings is 3. The first kappa shape index (κ1) is 21.6. The van der Waals surface area contributed by atoms with E-state index in [-0.39, 0.29) is 12.5 Å². The van der Waals surface area contributed by atoms with Crippen molar-refractivity contribution in [1.29, 1.82) is 0 Å². The van der Waals surface area contributed by atoms with Crippen molar-refractivity contribution in [3.63, 3.8) is 0 Å². The zero-order valence-corrected chi connectivity index (χ0v) is 18.0. The molecule has 1 fully saturated rings. The molecule has 0 N–H and O–H groups in total. The Kier molecular flexibility index (Phi) is 6.52. The van der Waals surface area contributed by atoms with Crippen LogP contribution in [0.2, 0.25) is 0 Å². The molecule has 0 aromatic heterocycles. The lowest BCUT2D eigenvalue weighted by molar-refractivity contribution is -0.162. The summed E-state index contributed by atoms with van der Waals surface area (Å²) >= 11 is 0. The zero-order chi connectivity index (χ0) is 22.5. The van der Waals surface area contributed by atoms with Gasteiger partial charge in [-0.25, -0.2) is 0 Å². The van der Waals surface area contributed by atoms with E-state index in [9.17, 15) is 9.59 Å².